The van der Waals surface area contributed by atoms with Crippen molar-refractivity contribution in [2.75, 3.05) is 0 Å². The van der Waals surface area contributed by atoms with Gasteiger partial charge in [-0.25, -0.2) is 0 Å². The van der Waals surface area contributed by atoms with Crippen LogP contribution >= 0.6 is 11.8 Å². The summed E-state index contributed by atoms with van der Waals surface area (Å²) in [6.45, 7) is 0. The minimum atomic E-state index is 1.10. The molecule has 18 heavy (non-hydrogen) atoms. The Balaban J connectivity index is 1.82. The second-order valence-corrected chi connectivity index (χ2v) is 5.98. The van der Waals surface area contributed by atoms with Crippen LogP contribution < -0.4 is 0 Å². The molecule has 1 radical (unpaired) electrons. The maximum Gasteiger partial charge on any atom is 0.0768 e. The number of para-hydroxylation sites is 1. The highest BCUT2D eigenvalue weighted by atomic mass is 32.2. The summed E-state index contributed by atoms with van der Waals surface area (Å²) in [4.78, 5) is 7.24. The molecule has 1 saturated carbocycles. The first-order chi connectivity index (χ1) is 8.93. The Morgan fingerprint density at radius 2 is 1.72 bits per heavy atom. The molecule has 1 fully saturated rings. The highest BCUT2D eigenvalue weighted by Crippen LogP contribution is 2.43. The van der Waals surface area contributed by atoms with E-state index in [1.165, 1.54) is 48.3 Å². The average molecular weight is 256 g/mol. The largest absolute Gasteiger partial charge is 0.256 e. The maximum absolute atomic E-state index is 4.52. The fourth-order valence-electron chi connectivity index (χ4n) is 2.58. The van der Waals surface area contributed by atoms with Crippen molar-refractivity contribution < 1.29 is 0 Å². The zero-order chi connectivity index (χ0) is 12.2. The number of fused-ring (bicyclic) bond motifs is 1. The van der Waals surface area contributed by atoms with Crippen LogP contribution in [0.5, 0.6) is 0 Å². The molecule has 93 valence electrons. The third-order valence-corrected chi connectivity index (χ3v) is 4.79. The quantitative estimate of drug-likeness (QED) is 0.620. The first kappa shape index (κ1) is 12.0. The summed E-state index contributed by atoms with van der Waals surface area (Å²) >= 11 is 1.89. The predicted octanol–water partition coefficient (Wildman–Crippen LogP) is 5.31. The fourth-order valence-corrected chi connectivity index (χ4v) is 3.67. The molecule has 1 aliphatic heterocycles. The Kier molecular flexibility index (Phi) is 3.84. The van der Waals surface area contributed by atoms with Crippen molar-refractivity contribution in [3.8, 4) is 0 Å². The van der Waals surface area contributed by atoms with Gasteiger partial charge in [-0.05, 0) is 36.0 Å². The summed E-state index contributed by atoms with van der Waals surface area (Å²) in [5.74, 6) is 1.64. The van der Waals surface area contributed by atoms with Gasteiger partial charge in [-0.2, -0.15) is 0 Å². The lowest BCUT2D eigenvalue weighted by Gasteiger charge is -2.16. The number of aliphatic imine (C=N–C) groups is 1. The zero-order valence-electron chi connectivity index (χ0n) is 10.6. The standard InChI is InChI=1S/C16H18NS/c1-2-4-8-13(7-3-1)15-11-12-17-14-9-5-6-10-16(14)18-15/h5-6,9-12H,1-4,7-8H2. The van der Waals surface area contributed by atoms with Gasteiger partial charge in [0.1, 0.15) is 0 Å². The van der Waals surface area contributed by atoms with Crippen LogP contribution in [0.2, 0.25) is 0 Å². The van der Waals surface area contributed by atoms with Crippen molar-refractivity contribution in [1.82, 2.24) is 0 Å². The summed E-state index contributed by atoms with van der Waals surface area (Å²) < 4.78 is 0. The molecule has 0 atom stereocenters. The van der Waals surface area contributed by atoms with Crippen LogP contribution in [0.4, 0.5) is 5.69 Å². The smallest absolute Gasteiger partial charge is 0.0768 e. The molecule has 0 bridgehead atoms. The molecular weight excluding hydrogens is 238 g/mol. The Morgan fingerprint density at radius 1 is 0.944 bits per heavy atom. The molecular formula is C16H18NS. The molecule has 0 aromatic heterocycles. The van der Waals surface area contributed by atoms with Crippen molar-refractivity contribution in [2.24, 2.45) is 4.99 Å². The van der Waals surface area contributed by atoms with Crippen LogP contribution in [-0.2, 0) is 0 Å². The summed E-state index contributed by atoms with van der Waals surface area (Å²) in [5, 5.41) is 0. The van der Waals surface area contributed by atoms with Crippen molar-refractivity contribution in [1.29, 1.82) is 0 Å². The van der Waals surface area contributed by atoms with E-state index in [4.69, 9.17) is 0 Å². The summed E-state index contributed by atoms with van der Waals surface area (Å²) in [6.07, 6.45) is 12.2. The molecule has 2 heteroatoms. The number of nitrogens with zero attached hydrogens (tertiary/aromatic N) is 1. The van der Waals surface area contributed by atoms with Gasteiger partial charge in [-0.3, -0.25) is 4.99 Å². The third kappa shape index (κ3) is 2.69. The maximum atomic E-state index is 4.52. The molecule has 0 amide bonds. The van der Waals surface area contributed by atoms with Crippen molar-refractivity contribution in [3.63, 3.8) is 0 Å². The topological polar surface area (TPSA) is 12.4 Å². The Hall–Kier alpha value is -1.02. The summed E-state index contributed by atoms with van der Waals surface area (Å²) in [7, 11) is 0. The summed E-state index contributed by atoms with van der Waals surface area (Å²) in [5.41, 5.74) is 1.10. The summed E-state index contributed by atoms with van der Waals surface area (Å²) in [6, 6.07) is 8.42. The van der Waals surface area contributed by atoms with Gasteiger partial charge >= 0.3 is 0 Å². The van der Waals surface area contributed by atoms with Crippen LogP contribution in [-0.4, -0.2) is 6.21 Å². The molecule has 1 nitrogen and oxygen atoms in total. The molecule has 0 unspecified atom stereocenters. The lowest BCUT2D eigenvalue weighted by molar-refractivity contribution is 0.702. The molecule has 1 aliphatic carbocycles. The Labute approximate surface area is 113 Å². The van der Waals surface area contributed by atoms with Crippen molar-refractivity contribution in [2.45, 2.75) is 43.4 Å². The highest BCUT2D eigenvalue weighted by molar-refractivity contribution is 8.03. The second-order valence-electron chi connectivity index (χ2n) is 4.90. The number of benzene rings is 1. The lowest BCUT2D eigenvalue weighted by atomic mass is 10.00. The van der Waals surface area contributed by atoms with Crippen LogP contribution in [0, 0.1) is 5.92 Å². The van der Waals surface area contributed by atoms with Gasteiger partial charge < -0.3 is 0 Å². The average Bonchev–Trinajstić information content (AvgIpc) is 2.79. The molecule has 3 rings (SSSR count). The van der Waals surface area contributed by atoms with Gasteiger partial charge in [0.15, 0.2) is 0 Å². The van der Waals surface area contributed by atoms with Gasteiger partial charge in [0.2, 0.25) is 0 Å². The minimum Gasteiger partial charge on any atom is -0.256 e. The number of rotatable bonds is 1. The predicted molar refractivity (Wildman–Crippen MR) is 79.5 cm³/mol. The molecule has 0 N–H and O–H groups in total. The molecule has 0 saturated heterocycles. The zero-order valence-corrected chi connectivity index (χ0v) is 11.4. The SMILES string of the molecule is C1=Nc2ccccc2SC([C]2CCCCCC2)=C1. The van der Waals surface area contributed by atoms with Gasteiger partial charge in [0, 0.05) is 17.0 Å². The number of allylic oxidation sites excluding steroid dienone is 2. The Morgan fingerprint density at radius 3 is 2.56 bits per heavy atom. The van der Waals surface area contributed by atoms with Crippen molar-refractivity contribution in [3.05, 3.63) is 41.2 Å². The first-order valence-electron chi connectivity index (χ1n) is 6.80. The van der Waals surface area contributed by atoms with Gasteiger partial charge in [0.25, 0.3) is 0 Å². The van der Waals surface area contributed by atoms with E-state index >= 15 is 0 Å². The van der Waals surface area contributed by atoms with E-state index in [2.05, 4.69) is 35.3 Å². The second kappa shape index (κ2) is 5.75. The normalized spacial score (nSPS) is 20.8. The van der Waals surface area contributed by atoms with E-state index in [1.807, 2.05) is 18.0 Å². The minimum absolute atomic E-state index is 1.10. The van der Waals surface area contributed by atoms with E-state index in [0.717, 1.165) is 5.69 Å². The first-order valence-corrected chi connectivity index (χ1v) is 7.61. The molecule has 2 aliphatic rings. The molecule has 1 aromatic rings. The van der Waals surface area contributed by atoms with Crippen LogP contribution in [0.3, 0.4) is 0 Å². The number of thioether (sulfide) groups is 1. The van der Waals surface area contributed by atoms with E-state index < -0.39 is 0 Å². The third-order valence-electron chi connectivity index (χ3n) is 3.58. The van der Waals surface area contributed by atoms with E-state index in [0.29, 0.717) is 0 Å². The highest BCUT2D eigenvalue weighted by Gasteiger charge is 2.19. The van der Waals surface area contributed by atoms with E-state index in [9.17, 15) is 0 Å². The van der Waals surface area contributed by atoms with Gasteiger partial charge in [0.05, 0.1) is 5.69 Å². The molecule has 1 heterocycles. The van der Waals surface area contributed by atoms with E-state index in [1.54, 1.807) is 5.92 Å². The van der Waals surface area contributed by atoms with Gasteiger partial charge in [-0.15, -0.1) is 0 Å². The van der Waals surface area contributed by atoms with Crippen LogP contribution in [0.15, 0.2) is 45.1 Å². The molecule has 0 spiro atoms. The number of hydrogen-bond donors (Lipinski definition) is 0. The fraction of sp³-hybridized carbons (Fsp3) is 0.375. The Bertz CT molecular complexity index is 468. The van der Waals surface area contributed by atoms with Crippen LogP contribution in [0.25, 0.3) is 0 Å². The monoisotopic (exact) mass is 256 g/mol. The van der Waals surface area contributed by atoms with Crippen molar-refractivity contribution >= 4 is 23.7 Å². The van der Waals surface area contributed by atoms with Crippen LogP contribution in [0.1, 0.15) is 38.5 Å². The van der Waals surface area contributed by atoms with E-state index in [-0.39, 0.29) is 0 Å². The van der Waals surface area contributed by atoms with Gasteiger partial charge in [-0.1, -0.05) is 49.6 Å². The molecule has 1 aromatic carbocycles. The number of hydrogen-bond acceptors (Lipinski definition) is 2. The lowest BCUT2D eigenvalue weighted by Crippen LogP contribution is -1.97.